The Morgan fingerprint density at radius 1 is 1.37 bits per heavy atom. The Balaban J connectivity index is 1.79. The lowest BCUT2D eigenvalue weighted by Gasteiger charge is -2.13. The highest BCUT2D eigenvalue weighted by Crippen LogP contribution is 2.15. The van der Waals surface area contributed by atoms with Crippen LogP contribution in [0.2, 0.25) is 5.02 Å². The zero-order chi connectivity index (χ0) is 13.7. The zero-order valence-electron chi connectivity index (χ0n) is 10.8. The number of furan rings is 1. The van der Waals surface area contributed by atoms with E-state index in [9.17, 15) is 4.39 Å². The van der Waals surface area contributed by atoms with Crippen molar-refractivity contribution in [1.29, 1.82) is 0 Å². The third kappa shape index (κ3) is 4.37. The molecule has 0 amide bonds. The van der Waals surface area contributed by atoms with Gasteiger partial charge in [0.05, 0.1) is 6.26 Å². The Labute approximate surface area is 117 Å². The molecule has 19 heavy (non-hydrogen) atoms. The molecule has 1 aromatic heterocycles. The van der Waals surface area contributed by atoms with Gasteiger partial charge in [0.2, 0.25) is 0 Å². The zero-order valence-corrected chi connectivity index (χ0v) is 11.6. The molecule has 102 valence electrons. The number of rotatable bonds is 6. The molecule has 2 aromatic rings. The van der Waals surface area contributed by atoms with Gasteiger partial charge in [0, 0.05) is 29.6 Å². The molecule has 1 unspecified atom stereocenters. The van der Waals surface area contributed by atoms with Crippen LogP contribution in [0.3, 0.4) is 0 Å². The highest BCUT2D eigenvalue weighted by molar-refractivity contribution is 6.30. The van der Waals surface area contributed by atoms with Gasteiger partial charge in [-0.3, -0.25) is 0 Å². The molecule has 0 aliphatic carbocycles. The third-order valence-electron chi connectivity index (χ3n) is 3.05. The second-order valence-corrected chi connectivity index (χ2v) is 5.07. The fourth-order valence-corrected chi connectivity index (χ4v) is 2.07. The number of benzene rings is 1. The molecule has 0 spiro atoms. The number of aryl methyl sites for hydroxylation is 1. The number of hydrogen-bond donors (Lipinski definition) is 1. The van der Waals surface area contributed by atoms with Crippen LogP contribution in [0, 0.1) is 5.82 Å². The van der Waals surface area contributed by atoms with Crippen LogP contribution in [-0.4, -0.2) is 6.04 Å². The lowest BCUT2D eigenvalue weighted by Crippen LogP contribution is -2.26. The standard InChI is InChI=1S/C15H17ClFNO/c1-11(4-6-14-3-2-8-19-14)18-10-12-9-13(16)5-7-15(12)17/h2-3,5,7-9,11,18H,4,6,10H2,1H3. The highest BCUT2D eigenvalue weighted by atomic mass is 35.5. The first-order valence-electron chi connectivity index (χ1n) is 6.35. The summed E-state index contributed by atoms with van der Waals surface area (Å²) in [5, 5.41) is 3.85. The van der Waals surface area contributed by atoms with Gasteiger partial charge in [-0.15, -0.1) is 0 Å². The molecule has 1 heterocycles. The van der Waals surface area contributed by atoms with Gasteiger partial charge < -0.3 is 9.73 Å². The van der Waals surface area contributed by atoms with Crippen molar-refractivity contribution in [1.82, 2.24) is 5.32 Å². The van der Waals surface area contributed by atoms with Crippen molar-refractivity contribution in [2.24, 2.45) is 0 Å². The summed E-state index contributed by atoms with van der Waals surface area (Å²) < 4.78 is 18.8. The van der Waals surface area contributed by atoms with Crippen LogP contribution in [0.15, 0.2) is 41.0 Å². The molecule has 1 N–H and O–H groups in total. The Morgan fingerprint density at radius 2 is 2.21 bits per heavy atom. The lowest BCUT2D eigenvalue weighted by atomic mass is 10.1. The average molecular weight is 282 g/mol. The van der Waals surface area contributed by atoms with Gasteiger partial charge in [-0.1, -0.05) is 11.6 Å². The summed E-state index contributed by atoms with van der Waals surface area (Å²) >= 11 is 5.85. The van der Waals surface area contributed by atoms with E-state index in [1.54, 1.807) is 18.4 Å². The second kappa shape index (κ2) is 6.73. The molecule has 2 nitrogen and oxygen atoms in total. The van der Waals surface area contributed by atoms with Gasteiger partial charge in [0.25, 0.3) is 0 Å². The maximum absolute atomic E-state index is 13.5. The predicted octanol–water partition coefficient (Wildman–Crippen LogP) is 4.18. The number of nitrogens with one attached hydrogen (secondary N) is 1. The molecule has 4 heteroatoms. The quantitative estimate of drug-likeness (QED) is 0.859. The van der Waals surface area contributed by atoms with Crippen molar-refractivity contribution < 1.29 is 8.81 Å². The van der Waals surface area contributed by atoms with E-state index in [0.717, 1.165) is 18.6 Å². The Hall–Kier alpha value is -1.32. The highest BCUT2D eigenvalue weighted by Gasteiger charge is 2.07. The fourth-order valence-electron chi connectivity index (χ4n) is 1.88. The minimum absolute atomic E-state index is 0.227. The summed E-state index contributed by atoms with van der Waals surface area (Å²) in [4.78, 5) is 0. The van der Waals surface area contributed by atoms with E-state index in [-0.39, 0.29) is 11.9 Å². The largest absolute Gasteiger partial charge is 0.469 e. The predicted molar refractivity (Wildman–Crippen MR) is 74.7 cm³/mol. The summed E-state index contributed by atoms with van der Waals surface area (Å²) in [5.74, 6) is 0.748. The van der Waals surface area contributed by atoms with E-state index < -0.39 is 0 Å². The van der Waals surface area contributed by atoms with Crippen molar-refractivity contribution in [3.63, 3.8) is 0 Å². The molecule has 1 aromatic carbocycles. The van der Waals surface area contributed by atoms with Gasteiger partial charge in [-0.05, 0) is 43.7 Å². The Kier molecular flexibility index (Phi) is 5.00. The van der Waals surface area contributed by atoms with Crippen LogP contribution in [0.25, 0.3) is 0 Å². The Bertz CT molecular complexity index is 513. The van der Waals surface area contributed by atoms with Gasteiger partial charge in [0.1, 0.15) is 11.6 Å². The van der Waals surface area contributed by atoms with Crippen LogP contribution in [-0.2, 0) is 13.0 Å². The molecular formula is C15H17ClFNO. The Morgan fingerprint density at radius 3 is 2.95 bits per heavy atom. The van der Waals surface area contributed by atoms with Crippen LogP contribution in [0.4, 0.5) is 4.39 Å². The van der Waals surface area contributed by atoms with E-state index >= 15 is 0 Å². The van der Waals surface area contributed by atoms with Gasteiger partial charge in [0.15, 0.2) is 0 Å². The SMILES string of the molecule is CC(CCc1ccco1)NCc1cc(Cl)ccc1F. The summed E-state index contributed by atoms with van der Waals surface area (Å²) in [6.07, 6.45) is 3.49. The van der Waals surface area contributed by atoms with Crippen molar-refractivity contribution >= 4 is 11.6 Å². The topological polar surface area (TPSA) is 25.2 Å². The van der Waals surface area contributed by atoms with Crippen LogP contribution >= 0.6 is 11.6 Å². The average Bonchev–Trinajstić information content (AvgIpc) is 2.90. The molecule has 1 atom stereocenters. The lowest BCUT2D eigenvalue weighted by molar-refractivity contribution is 0.456. The smallest absolute Gasteiger partial charge is 0.127 e. The molecule has 0 bridgehead atoms. The van der Waals surface area contributed by atoms with Crippen LogP contribution < -0.4 is 5.32 Å². The monoisotopic (exact) mass is 281 g/mol. The van der Waals surface area contributed by atoms with Gasteiger partial charge in [-0.2, -0.15) is 0 Å². The van der Waals surface area contributed by atoms with Crippen molar-refractivity contribution in [2.75, 3.05) is 0 Å². The van der Waals surface area contributed by atoms with E-state index in [2.05, 4.69) is 12.2 Å². The van der Waals surface area contributed by atoms with E-state index in [4.69, 9.17) is 16.0 Å². The third-order valence-corrected chi connectivity index (χ3v) is 3.29. The minimum atomic E-state index is -0.227. The molecule has 0 fully saturated rings. The maximum atomic E-state index is 13.5. The van der Waals surface area contributed by atoms with Crippen molar-refractivity contribution in [2.45, 2.75) is 32.4 Å². The van der Waals surface area contributed by atoms with E-state index in [0.29, 0.717) is 17.1 Å². The normalized spacial score (nSPS) is 12.6. The summed E-state index contributed by atoms with van der Waals surface area (Å²) in [6.45, 7) is 2.55. The van der Waals surface area contributed by atoms with Crippen LogP contribution in [0.1, 0.15) is 24.7 Å². The molecular weight excluding hydrogens is 265 g/mol. The molecule has 0 aliphatic rings. The summed E-state index contributed by atoms with van der Waals surface area (Å²) in [6, 6.07) is 8.73. The first-order chi connectivity index (χ1) is 9.15. The maximum Gasteiger partial charge on any atom is 0.127 e. The van der Waals surface area contributed by atoms with Crippen molar-refractivity contribution in [3.8, 4) is 0 Å². The van der Waals surface area contributed by atoms with E-state index in [1.807, 2.05) is 12.1 Å². The fraction of sp³-hybridized carbons (Fsp3) is 0.333. The minimum Gasteiger partial charge on any atom is -0.469 e. The molecule has 0 saturated heterocycles. The summed E-state index contributed by atoms with van der Waals surface area (Å²) in [5.41, 5.74) is 0.595. The second-order valence-electron chi connectivity index (χ2n) is 4.64. The summed E-state index contributed by atoms with van der Waals surface area (Å²) in [7, 11) is 0. The molecule has 2 rings (SSSR count). The van der Waals surface area contributed by atoms with Crippen molar-refractivity contribution in [3.05, 3.63) is 58.8 Å². The van der Waals surface area contributed by atoms with E-state index in [1.165, 1.54) is 6.07 Å². The number of hydrogen-bond acceptors (Lipinski definition) is 2. The van der Waals surface area contributed by atoms with Gasteiger partial charge in [-0.25, -0.2) is 4.39 Å². The molecule has 0 saturated carbocycles. The molecule has 0 radical (unpaired) electrons. The number of halogens is 2. The van der Waals surface area contributed by atoms with Crippen LogP contribution in [0.5, 0.6) is 0 Å². The first-order valence-corrected chi connectivity index (χ1v) is 6.72. The first kappa shape index (κ1) is 14.1. The molecule has 0 aliphatic heterocycles. The van der Waals surface area contributed by atoms with Gasteiger partial charge >= 0.3 is 0 Å².